The molecule has 0 atom stereocenters. The van der Waals surface area contributed by atoms with Gasteiger partial charge in [-0.2, -0.15) is 0 Å². The van der Waals surface area contributed by atoms with Crippen LogP contribution in [0.2, 0.25) is 0 Å². The van der Waals surface area contributed by atoms with E-state index >= 15 is 0 Å². The summed E-state index contributed by atoms with van der Waals surface area (Å²) in [4.78, 5) is 17.0. The zero-order chi connectivity index (χ0) is 14.4. The first-order chi connectivity index (χ1) is 10.2. The maximum atomic E-state index is 5.81. The third kappa shape index (κ3) is 1.74. The highest BCUT2D eigenvalue weighted by Crippen LogP contribution is 2.20. The summed E-state index contributed by atoms with van der Waals surface area (Å²) in [5, 5.41) is 0. The molecule has 3 aromatic heterocycles. The summed E-state index contributed by atoms with van der Waals surface area (Å²) < 4.78 is 3.96. The first-order valence-electron chi connectivity index (χ1n) is 6.54. The fraction of sp³-hybridized carbons (Fsp3) is 0.143. The second-order valence-corrected chi connectivity index (χ2v) is 4.94. The van der Waals surface area contributed by atoms with Crippen LogP contribution >= 0.6 is 0 Å². The van der Waals surface area contributed by atoms with Crippen molar-refractivity contribution < 1.29 is 0 Å². The van der Waals surface area contributed by atoms with Gasteiger partial charge in [0.1, 0.15) is 11.8 Å². The van der Waals surface area contributed by atoms with Crippen LogP contribution in [0.15, 0.2) is 37.2 Å². The number of aryl methyl sites for hydroxylation is 1. The molecule has 0 spiro atoms. The predicted molar refractivity (Wildman–Crippen MR) is 79.6 cm³/mol. The van der Waals surface area contributed by atoms with Gasteiger partial charge < -0.3 is 14.9 Å². The Morgan fingerprint density at radius 2 is 1.90 bits per heavy atom. The van der Waals surface area contributed by atoms with Crippen LogP contribution in [0, 0.1) is 0 Å². The maximum absolute atomic E-state index is 5.81. The Bertz CT molecular complexity index is 950. The lowest BCUT2D eigenvalue weighted by Crippen LogP contribution is -2.01. The molecule has 4 aromatic rings. The largest absolute Gasteiger partial charge is 0.382 e. The highest BCUT2D eigenvalue weighted by Gasteiger charge is 2.10. The van der Waals surface area contributed by atoms with Crippen LogP contribution in [-0.4, -0.2) is 29.1 Å². The molecule has 1 aromatic carbocycles. The SMILES string of the molecule is Cn1cnc2c(Cn3cnc4c(N)ncnc43)cccc21. The van der Waals surface area contributed by atoms with Crippen LogP contribution in [0.3, 0.4) is 0 Å². The van der Waals surface area contributed by atoms with Gasteiger partial charge in [-0.25, -0.2) is 19.9 Å². The van der Waals surface area contributed by atoms with Gasteiger partial charge in [-0.05, 0) is 11.6 Å². The van der Waals surface area contributed by atoms with Crippen LogP contribution < -0.4 is 5.73 Å². The van der Waals surface area contributed by atoms with Crippen molar-refractivity contribution in [2.24, 2.45) is 7.05 Å². The second kappa shape index (κ2) is 4.27. The van der Waals surface area contributed by atoms with Crippen molar-refractivity contribution in [3.05, 3.63) is 42.7 Å². The van der Waals surface area contributed by atoms with E-state index in [0.717, 1.165) is 22.2 Å². The first kappa shape index (κ1) is 11.8. The molecule has 0 amide bonds. The number of nitrogen functional groups attached to an aromatic ring is 1. The van der Waals surface area contributed by atoms with Gasteiger partial charge in [0.2, 0.25) is 0 Å². The quantitative estimate of drug-likeness (QED) is 0.598. The highest BCUT2D eigenvalue weighted by molar-refractivity contribution is 5.82. The summed E-state index contributed by atoms with van der Waals surface area (Å²) in [6.07, 6.45) is 5.01. The molecule has 3 heterocycles. The van der Waals surface area contributed by atoms with E-state index in [4.69, 9.17) is 5.73 Å². The Hall–Kier alpha value is -2.96. The minimum atomic E-state index is 0.398. The molecule has 0 fully saturated rings. The zero-order valence-corrected chi connectivity index (χ0v) is 11.4. The van der Waals surface area contributed by atoms with Gasteiger partial charge in [-0.15, -0.1) is 0 Å². The van der Waals surface area contributed by atoms with Gasteiger partial charge in [-0.3, -0.25) is 0 Å². The first-order valence-corrected chi connectivity index (χ1v) is 6.54. The monoisotopic (exact) mass is 279 g/mol. The number of imidazole rings is 2. The molecule has 0 unspecified atom stereocenters. The predicted octanol–water partition coefficient (Wildman–Crippen LogP) is 1.34. The summed E-state index contributed by atoms with van der Waals surface area (Å²) in [5.41, 5.74) is 10.4. The average molecular weight is 279 g/mol. The fourth-order valence-corrected chi connectivity index (χ4v) is 2.54. The summed E-state index contributed by atoms with van der Waals surface area (Å²) >= 11 is 0. The van der Waals surface area contributed by atoms with Crippen molar-refractivity contribution in [2.45, 2.75) is 6.54 Å². The molecule has 0 saturated heterocycles. The molecule has 2 N–H and O–H groups in total. The second-order valence-electron chi connectivity index (χ2n) is 4.94. The smallest absolute Gasteiger partial charge is 0.165 e. The van der Waals surface area contributed by atoms with Crippen LogP contribution in [0.1, 0.15) is 5.56 Å². The summed E-state index contributed by atoms with van der Waals surface area (Å²) in [6, 6.07) is 6.14. The third-order valence-electron chi connectivity index (χ3n) is 3.61. The Balaban J connectivity index is 1.85. The maximum Gasteiger partial charge on any atom is 0.165 e. The fourth-order valence-electron chi connectivity index (χ4n) is 2.54. The summed E-state index contributed by atoms with van der Waals surface area (Å²) in [6.45, 7) is 0.640. The Morgan fingerprint density at radius 3 is 2.81 bits per heavy atom. The van der Waals surface area contributed by atoms with E-state index in [1.807, 2.05) is 28.6 Å². The number of rotatable bonds is 2. The molecule has 21 heavy (non-hydrogen) atoms. The molecule has 104 valence electrons. The van der Waals surface area contributed by atoms with E-state index in [1.165, 1.54) is 6.33 Å². The zero-order valence-electron chi connectivity index (χ0n) is 11.4. The Morgan fingerprint density at radius 1 is 1.05 bits per heavy atom. The lowest BCUT2D eigenvalue weighted by molar-refractivity contribution is 0.817. The number of aromatic nitrogens is 6. The highest BCUT2D eigenvalue weighted by atomic mass is 15.1. The molecule has 7 nitrogen and oxygen atoms in total. The Labute approximate surface area is 120 Å². The van der Waals surface area contributed by atoms with Gasteiger partial charge in [-0.1, -0.05) is 12.1 Å². The third-order valence-corrected chi connectivity index (χ3v) is 3.61. The number of benzene rings is 1. The van der Waals surface area contributed by atoms with Crippen LogP contribution in [0.25, 0.3) is 22.2 Å². The van der Waals surface area contributed by atoms with Crippen molar-refractivity contribution in [3.8, 4) is 0 Å². The molecule has 0 aliphatic rings. The molecule has 4 rings (SSSR count). The molecule has 0 radical (unpaired) electrons. The number of para-hydroxylation sites is 1. The average Bonchev–Trinajstić information content (AvgIpc) is 3.06. The van der Waals surface area contributed by atoms with Crippen LogP contribution in [-0.2, 0) is 13.6 Å². The van der Waals surface area contributed by atoms with E-state index in [1.54, 1.807) is 6.33 Å². The Kier molecular flexibility index (Phi) is 2.41. The minimum Gasteiger partial charge on any atom is -0.382 e. The topological polar surface area (TPSA) is 87.4 Å². The van der Waals surface area contributed by atoms with Crippen LogP contribution in [0.5, 0.6) is 0 Å². The van der Waals surface area contributed by atoms with Gasteiger partial charge in [0.15, 0.2) is 11.5 Å². The number of hydrogen-bond acceptors (Lipinski definition) is 5. The van der Waals surface area contributed by atoms with Gasteiger partial charge >= 0.3 is 0 Å². The lowest BCUT2D eigenvalue weighted by Gasteiger charge is -2.05. The molecule has 0 saturated carbocycles. The molecule has 0 aliphatic heterocycles. The molecule has 0 bridgehead atoms. The standard InChI is InChI=1S/C14H13N7/c1-20-7-18-11-9(3-2-4-10(11)20)5-21-8-19-12-13(15)16-6-17-14(12)21/h2-4,6-8H,5H2,1H3,(H2,15,16,17). The van der Waals surface area contributed by atoms with E-state index in [0.29, 0.717) is 17.9 Å². The van der Waals surface area contributed by atoms with Crippen molar-refractivity contribution in [1.82, 2.24) is 29.1 Å². The summed E-state index contributed by atoms with van der Waals surface area (Å²) in [5.74, 6) is 0.398. The lowest BCUT2D eigenvalue weighted by atomic mass is 10.2. The number of fused-ring (bicyclic) bond motifs is 2. The van der Waals surface area contributed by atoms with Crippen molar-refractivity contribution in [3.63, 3.8) is 0 Å². The minimum absolute atomic E-state index is 0.398. The van der Waals surface area contributed by atoms with Gasteiger partial charge in [0.25, 0.3) is 0 Å². The molecular weight excluding hydrogens is 266 g/mol. The number of hydrogen-bond donors (Lipinski definition) is 1. The number of anilines is 1. The normalized spacial score (nSPS) is 11.5. The van der Waals surface area contributed by atoms with E-state index in [9.17, 15) is 0 Å². The number of nitrogens with zero attached hydrogens (tertiary/aromatic N) is 6. The van der Waals surface area contributed by atoms with Crippen LogP contribution in [0.4, 0.5) is 5.82 Å². The van der Waals surface area contributed by atoms with E-state index < -0.39 is 0 Å². The summed E-state index contributed by atoms with van der Waals surface area (Å²) in [7, 11) is 1.99. The van der Waals surface area contributed by atoms with E-state index in [-0.39, 0.29) is 0 Å². The van der Waals surface area contributed by atoms with E-state index in [2.05, 4.69) is 32.1 Å². The van der Waals surface area contributed by atoms with Crippen molar-refractivity contribution >= 4 is 28.0 Å². The van der Waals surface area contributed by atoms with Crippen molar-refractivity contribution in [1.29, 1.82) is 0 Å². The number of nitrogens with two attached hydrogens (primary N) is 1. The van der Waals surface area contributed by atoms with Crippen molar-refractivity contribution in [2.75, 3.05) is 5.73 Å². The molecular formula is C14H13N7. The van der Waals surface area contributed by atoms with Gasteiger partial charge in [0, 0.05) is 7.05 Å². The molecule has 0 aliphatic carbocycles. The molecule has 7 heteroatoms. The van der Waals surface area contributed by atoms with Gasteiger partial charge in [0.05, 0.1) is 30.2 Å².